The van der Waals surface area contributed by atoms with Gasteiger partial charge in [-0.25, -0.2) is 4.79 Å². The van der Waals surface area contributed by atoms with Crippen molar-refractivity contribution in [1.29, 1.82) is 0 Å². The average molecular weight is 540 g/mol. The van der Waals surface area contributed by atoms with Crippen LogP contribution in [0.3, 0.4) is 0 Å². The molecule has 0 saturated carbocycles. The molecule has 2 aliphatic rings. The van der Waals surface area contributed by atoms with Crippen LogP contribution in [0.25, 0.3) is 0 Å². The van der Waals surface area contributed by atoms with Crippen LogP contribution in [0.5, 0.6) is 0 Å². The van der Waals surface area contributed by atoms with Crippen molar-refractivity contribution in [3.63, 3.8) is 0 Å². The van der Waals surface area contributed by atoms with Crippen LogP contribution in [-0.2, 0) is 9.47 Å². The molecule has 0 aromatic rings. The summed E-state index contributed by atoms with van der Waals surface area (Å²) in [6, 6.07) is 0.0995. The van der Waals surface area contributed by atoms with Gasteiger partial charge in [0.05, 0.1) is 25.8 Å². The van der Waals surface area contributed by atoms with Crippen LogP contribution >= 0.6 is 24.0 Å². The average Bonchev–Trinajstić information content (AvgIpc) is 2.69. The van der Waals surface area contributed by atoms with E-state index in [1.165, 1.54) is 0 Å². The monoisotopic (exact) mass is 539 g/mol. The summed E-state index contributed by atoms with van der Waals surface area (Å²) in [6.45, 7) is 15.6. The Labute approximate surface area is 199 Å². The number of hydrogen-bond donors (Lipinski definition) is 2. The van der Waals surface area contributed by atoms with Crippen molar-refractivity contribution >= 4 is 36.0 Å². The van der Waals surface area contributed by atoms with Gasteiger partial charge in [-0.1, -0.05) is 0 Å². The molecule has 2 aliphatic heterocycles. The van der Waals surface area contributed by atoms with Crippen LogP contribution in [0.2, 0.25) is 0 Å². The van der Waals surface area contributed by atoms with Crippen molar-refractivity contribution in [2.75, 3.05) is 59.0 Å². The summed E-state index contributed by atoms with van der Waals surface area (Å²) in [4.78, 5) is 21.6. The van der Waals surface area contributed by atoms with E-state index in [9.17, 15) is 4.79 Å². The molecule has 0 bridgehead atoms. The van der Waals surface area contributed by atoms with Crippen LogP contribution in [0.4, 0.5) is 4.79 Å². The van der Waals surface area contributed by atoms with Gasteiger partial charge in [-0.15, -0.1) is 24.0 Å². The van der Waals surface area contributed by atoms with E-state index in [1.807, 2.05) is 25.7 Å². The van der Waals surface area contributed by atoms with E-state index in [0.717, 1.165) is 84.1 Å². The summed E-state index contributed by atoms with van der Waals surface area (Å²) in [5.74, 6) is 0.823. The second-order valence-electron chi connectivity index (χ2n) is 8.78. The number of nitrogens with one attached hydrogen (secondary N) is 2. The van der Waals surface area contributed by atoms with Gasteiger partial charge >= 0.3 is 6.09 Å². The number of amides is 1. The fraction of sp³-hybridized carbons (Fsp3) is 0.905. The van der Waals surface area contributed by atoms with Crippen LogP contribution in [0, 0.1) is 0 Å². The van der Waals surface area contributed by atoms with Gasteiger partial charge in [0.15, 0.2) is 5.96 Å². The van der Waals surface area contributed by atoms with Gasteiger partial charge < -0.3 is 25.0 Å². The zero-order valence-electron chi connectivity index (χ0n) is 19.2. The van der Waals surface area contributed by atoms with Crippen molar-refractivity contribution in [3.05, 3.63) is 0 Å². The van der Waals surface area contributed by atoms with E-state index >= 15 is 0 Å². The third kappa shape index (κ3) is 10.5. The zero-order valence-corrected chi connectivity index (χ0v) is 21.6. The number of halogens is 1. The lowest BCUT2D eigenvalue weighted by Crippen LogP contribution is -2.48. The van der Waals surface area contributed by atoms with E-state index in [0.29, 0.717) is 6.54 Å². The molecule has 0 radical (unpaired) electrons. The molecule has 2 saturated heterocycles. The highest BCUT2D eigenvalue weighted by molar-refractivity contribution is 14.0. The minimum atomic E-state index is -0.473. The third-order valence-electron chi connectivity index (χ3n) is 5.11. The summed E-state index contributed by atoms with van der Waals surface area (Å²) in [5, 5.41) is 6.74. The molecule has 1 atom stereocenters. The molecule has 30 heavy (non-hydrogen) atoms. The zero-order chi connectivity index (χ0) is 21.1. The van der Waals surface area contributed by atoms with Gasteiger partial charge in [-0.2, -0.15) is 0 Å². The maximum absolute atomic E-state index is 12.6. The van der Waals surface area contributed by atoms with E-state index in [1.54, 1.807) is 0 Å². The molecular formula is C21H42IN5O3. The number of ether oxygens (including phenoxy) is 2. The number of nitrogens with zero attached hydrogens (tertiary/aromatic N) is 3. The first-order valence-corrected chi connectivity index (χ1v) is 11.2. The minimum absolute atomic E-state index is 0. The Morgan fingerprint density at radius 3 is 2.57 bits per heavy atom. The number of likely N-dealkylation sites (tertiary alicyclic amines) is 1. The summed E-state index contributed by atoms with van der Waals surface area (Å²) in [6.07, 6.45) is 3.97. The van der Waals surface area contributed by atoms with Crippen LogP contribution < -0.4 is 10.6 Å². The summed E-state index contributed by atoms with van der Waals surface area (Å²) < 4.78 is 11.0. The van der Waals surface area contributed by atoms with E-state index in [-0.39, 0.29) is 36.1 Å². The Balaban J connectivity index is 0.00000450. The lowest BCUT2D eigenvalue weighted by atomic mass is 10.0. The molecule has 0 aliphatic carbocycles. The number of aliphatic imine (C=N–C) groups is 1. The van der Waals surface area contributed by atoms with Gasteiger partial charge in [0.1, 0.15) is 5.60 Å². The normalized spacial score (nSPS) is 21.0. The smallest absolute Gasteiger partial charge is 0.410 e. The molecule has 2 heterocycles. The molecular weight excluding hydrogens is 497 g/mol. The minimum Gasteiger partial charge on any atom is -0.444 e. The Bertz CT molecular complexity index is 521. The Morgan fingerprint density at radius 1 is 1.17 bits per heavy atom. The molecule has 2 N–H and O–H groups in total. The van der Waals surface area contributed by atoms with Crippen molar-refractivity contribution in [3.8, 4) is 0 Å². The first-order chi connectivity index (χ1) is 13.9. The van der Waals surface area contributed by atoms with E-state index in [4.69, 9.17) is 14.5 Å². The molecule has 1 amide bonds. The predicted molar refractivity (Wildman–Crippen MR) is 132 cm³/mol. The standard InChI is InChI=1S/C21H41N5O3.HI/c1-5-22-19(23-10-8-11-25-13-15-28-16-14-25)24-17-18-9-6-7-12-26(18)20(27)29-21(2,3)4;/h18H,5-17H2,1-4H3,(H2,22,23,24);1H. The summed E-state index contributed by atoms with van der Waals surface area (Å²) in [7, 11) is 0. The maximum atomic E-state index is 12.6. The predicted octanol–water partition coefficient (Wildman–Crippen LogP) is 2.67. The van der Waals surface area contributed by atoms with Crippen LogP contribution in [0.1, 0.15) is 53.4 Å². The number of rotatable bonds is 7. The molecule has 0 spiro atoms. The first-order valence-electron chi connectivity index (χ1n) is 11.2. The van der Waals surface area contributed by atoms with Gasteiger partial charge in [0.25, 0.3) is 0 Å². The molecule has 9 heteroatoms. The second kappa shape index (κ2) is 14.3. The number of piperidine rings is 1. The molecule has 0 aromatic heterocycles. The molecule has 2 fully saturated rings. The maximum Gasteiger partial charge on any atom is 0.410 e. The first kappa shape index (κ1) is 27.2. The number of carbonyl (C=O) groups is 1. The molecule has 8 nitrogen and oxygen atoms in total. The highest BCUT2D eigenvalue weighted by Gasteiger charge is 2.30. The fourth-order valence-electron chi connectivity index (χ4n) is 3.62. The van der Waals surface area contributed by atoms with Gasteiger partial charge in [-0.3, -0.25) is 9.89 Å². The summed E-state index contributed by atoms with van der Waals surface area (Å²) in [5.41, 5.74) is -0.473. The number of carbonyl (C=O) groups excluding carboxylic acids is 1. The van der Waals surface area contributed by atoms with Crippen molar-refractivity contribution in [1.82, 2.24) is 20.4 Å². The highest BCUT2D eigenvalue weighted by Crippen LogP contribution is 2.20. The Morgan fingerprint density at radius 2 is 1.90 bits per heavy atom. The largest absolute Gasteiger partial charge is 0.444 e. The highest BCUT2D eigenvalue weighted by atomic mass is 127. The number of guanidine groups is 1. The SMILES string of the molecule is CCNC(=NCC1CCCCN1C(=O)OC(C)(C)C)NCCCN1CCOCC1.I. The van der Waals surface area contributed by atoms with Crippen molar-refractivity contribution in [2.45, 2.75) is 65.0 Å². The van der Waals surface area contributed by atoms with Gasteiger partial charge in [0.2, 0.25) is 0 Å². The Hall–Kier alpha value is -0.810. The lowest BCUT2D eigenvalue weighted by molar-refractivity contribution is 0.0109. The fourth-order valence-corrected chi connectivity index (χ4v) is 3.62. The lowest BCUT2D eigenvalue weighted by Gasteiger charge is -2.36. The number of morpholine rings is 1. The molecule has 2 rings (SSSR count). The third-order valence-corrected chi connectivity index (χ3v) is 5.11. The Kier molecular flexibility index (Phi) is 13.0. The molecule has 176 valence electrons. The van der Waals surface area contributed by atoms with Crippen molar-refractivity contribution in [2.24, 2.45) is 4.99 Å². The van der Waals surface area contributed by atoms with Gasteiger partial charge in [-0.05, 0) is 59.9 Å². The quantitative estimate of drug-likeness (QED) is 0.224. The summed E-state index contributed by atoms with van der Waals surface area (Å²) >= 11 is 0. The van der Waals surface area contributed by atoms with Crippen LogP contribution in [-0.4, -0.2) is 92.5 Å². The van der Waals surface area contributed by atoms with Gasteiger partial charge in [0, 0.05) is 32.7 Å². The van der Waals surface area contributed by atoms with E-state index < -0.39 is 5.60 Å². The molecule has 1 unspecified atom stereocenters. The molecule has 0 aromatic carbocycles. The second-order valence-corrected chi connectivity index (χ2v) is 8.78. The van der Waals surface area contributed by atoms with E-state index in [2.05, 4.69) is 22.5 Å². The van der Waals surface area contributed by atoms with Crippen molar-refractivity contribution < 1.29 is 14.3 Å². The number of hydrogen-bond acceptors (Lipinski definition) is 5. The topological polar surface area (TPSA) is 78.4 Å². The van der Waals surface area contributed by atoms with Crippen LogP contribution in [0.15, 0.2) is 4.99 Å².